The lowest BCUT2D eigenvalue weighted by atomic mass is 10.0. The van der Waals surface area contributed by atoms with Gasteiger partial charge in [0.05, 0.1) is 29.3 Å². The van der Waals surface area contributed by atoms with E-state index in [1.165, 1.54) is 0 Å². The third-order valence-corrected chi connectivity index (χ3v) is 4.47. The SMILES string of the molecule is NC1COCC1c1csc(-c2cncs2)n1. The molecule has 0 aliphatic carbocycles. The van der Waals surface area contributed by atoms with Crippen LogP contribution in [-0.4, -0.2) is 29.2 Å². The summed E-state index contributed by atoms with van der Waals surface area (Å²) in [6.45, 7) is 1.32. The summed E-state index contributed by atoms with van der Waals surface area (Å²) in [5, 5.41) is 3.10. The van der Waals surface area contributed by atoms with Crippen LogP contribution < -0.4 is 5.73 Å². The molecule has 2 aromatic rings. The van der Waals surface area contributed by atoms with Gasteiger partial charge in [-0.05, 0) is 0 Å². The van der Waals surface area contributed by atoms with Gasteiger partial charge in [0, 0.05) is 23.5 Å². The van der Waals surface area contributed by atoms with Crippen molar-refractivity contribution in [3.05, 3.63) is 22.8 Å². The van der Waals surface area contributed by atoms with Crippen LogP contribution in [0.25, 0.3) is 9.88 Å². The highest BCUT2D eigenvalue weighted by Crippen LogP contribution is 2.31. The van der Waals surface area contributed by atoms with Gasteiger partial charge < -0.3 is 10.5 Å². The molecule has 0 saturated carbocycles. The fourth-order valence-electron chi connectivity index (χ4n) is 1.77. The van der Waals surface area contributed by atoms with E-state index in [4.69, 9.17) is 10.5 Å². The summed E-state index contributed by atoms with van der Waals surface area (Å²) in [6, 6.07) is 0.0800. The van der Waals surface area contributed by atoms with E-state index in [-0.39, 0.29) is 12.0 Å². The summed E-state index contributed by atoms with van der Waals surface area (Å²) in [6.07, 6.45) is 1.85. The maximum absolute atomic E-state index is 5.97. The maximum Gasteiger partial charge on any atom is 0.135 e. The topological polar surface area (TPSA) is 61.0 Å². The molecule has 0 spiro atoms. The first-order valence-corrected chi connectivity index (χ1v) is 6.78. The highest BCUT2D eigenvalue weighted by Gasteiger charge is 2.28. The molecule has 4 nitrogen and oxygen atoms in total. The van der Waals surface area contributed by atoms with E-state index in [0.717, 1.165) is 15.6 Å². The van der Waals surface area contributed by atoms with Crippen molar-refractivity contribution in [1.29, 1.82) is 0 Å². The molecule has 1 fully saturated rings. The van der Waals surface area contributed by atoms with Crippen molar-refractivity contribution in [2.24, 2.45) is 5.73 Å². The highest BCUT2D eigenvalue weighted by molar-refractivity contribution is 7.19. The molecule has 3 heterocycles. The normalized spacial score (nSPS) is 25.1. The molecule has 6 heteroatoms. The van der Waals surface area contributed by atoms with E-state index in [2.05, 4.69) is 15.3 Å². The van der Waals surface area contributed by atoms with Gasteiger partial charge in [-0.25, -0.2) is 4.98 Å². The summed E-state index contributed by atoms with van der Waals surface area (Å²) >= 11 is 3.25. The van der Waals surface area contributed by atoms with Gasteiger partial charge >= 0.3 is 0 Å². The maximum atomic E-state index is 5.97. The monoisotopic (exact) mass is 253 g/mol. The van der Waals surface area contributed by atoms with Crippen molar-refractivity contribution in [1.82, 2.24) is 9.97 Å². The Morgan fingerprint density at radius 3 is 3.00 bits per heavy atom. The van der Waals surface area contributed by atoms with Crippen LogP contribution in [0, 0.1) is 0 Å². The lowest BCUT2D eigenvalue weighted by molar-refractivity contribution is 0.190. The van der Waals surface area contributed by atoms with Gasteiger partial charge in [-0.15, -0.1) is 22.7 Å². The first-order chi connectivity index (χ1) is 7.84. The second kappa shape index (κ2) is 4.21. The van der Waals surface area contributed by atoms with Gasteiger partial charge in [-0.2, -0.15) is 0 Å². The number of thiazole rings is 2. The Bertz CT molecular complexity index is 468. The summed E-state index contributed by atoms with van der Waals surface area (Å²) < 4.78 is 5.35. The Balaban J connectivity index is 1.88. The fourth-order valence-corrected chi connectivity index (χ4v) is 3.35. The lowest BCUT2D eigenvalue weighted by Crippen LogP contribution is -2.26. The summed E-state index contributed by atoms with van der Waals surface area (Å²) in [5.41, 5.74) is 8.84. The van der Waals surface area contributed by atoms with Crippen molar-refractivity contribution < 1.29 is 4.74 Å². The number of ether oxygens (including phenoxy) is 1. The Kier molecular flexibility index (Phi) is 2.72. The van der Waals surface area contributed by atoms with E-state index < -0.39 is 0 Å². The van der Waals surface area contributed by atoms with Gasteiger partial charge in [0.25, 0.3) is 0 Å². The van der Waals surface area contributed by atoms with Crippen LogP contribution in [-0.2, 0) is 4.74 Å². The van der Waals surface area contributed by atoms with Crippen LogP contribution >= 0.6 is 22.7 Å². The molecule has 1 aliphatic rings. The highest BCUT2D eigenvalue weighted by atomic mass is 32.1. The number of hydrogen-bond donors (Lipinski definition) is 1. The van der Waals surface area contributed by atoms with E-state index in [1.807, 2.05) is 11.7 Å². The molecule has 16 heavy (non-hydrogen) atoms. The zero-order valence-electron chi connectivity index (χ0n) is 8.50. The van der Waals surface area contributed by atoms with E-state index in [0.29, 0.717) is 13.2 Å². The van der Waals surface area contributed by atoms with Crippen LogP contribution in [0.3, 0.4) is 0 Å². The van der Waals surface area contributed by atoms with Crippen LogP contribution in [0.1, 0.15) is 11.6 Å². The van der Waals surface area contributed by atoms with Gasteiger partial charge in [-0.3, -0.25) is 4.98 Å². The molecule has 0 amide bonds. The Hall–Kier alpha value is -0.820. The molecule has 0 radical (unpaired) electrons. The number of aromatic nitrogens is 2. The molecule has 0 bridgehead atoms. The van der Waals surface area contributed by atoms with Gasteiger partial charge in [0.1, 0.15) is 5.01 Å². The second-order valence-corrected chi connectivity index (χ2v) is 5.50. The van der Waals surface area contributed by atoms with Gasteiger partial charge in [-0.1, -0.05) is 0 Å². The van der Waals surface area contributed by atoms with Gasteiger partial charge in [0.15, 0.2) is 0 Å². The van der Waals surface area contributed by atoms with Crippen LogP contribution in [0.4, 0.5) is 0 Å². The predicted octanol–water partition coefficient (Wildman–Crippen LogP) is 1.71. The smallest absolute Gasteiger partial charge is 0.135 e. The average molecular weight is 253 g/mol. The van der Waals surface area contributed by atoms with Crippen molar-refractivity contribution in [3.63, 3.8) is 0 Å². The van der Waals surface area contributed by atoms with E-state index in [1.54, 1.807) is 22.7 Å². The third kappa shape index (κ3) is 1.78. The molecule has 1 aliphatic heterocycles. The van der Waals surface area contributed by atoms with Crippen molar-refractivity contribution >= 4 is 22.7 Å². The van der Waals surface area contributed by atoms with Crippen molar-refractivity contribution in [2.75, 3.05) is 13.2 Å². The standard InChI is InChI=1S/C10H11N3OS2/c11-7-3-14-2-6(7)8-4-15-10(13-8)9-1-12-5-16-9/h1,4-7H,2-3,11H2. The summed E-state index contributed by atoms with van der Waals surface area (Å²) in [4.78, 5) is 9.78. The average Bonchev–Trinajstić information content (AvgIpc) is 2.96. The molecule has 2 unspecified atom stereocenters. The van der Waals surface area contributed by atoms with Crippen LogP contribution in [0.2, 0.25) is 0 Å². The first kappa shape index (κ1) is 10.3. The zero-order chi connectivity index (χ0) is 11.0. The Morgan fingerprint density at radius 2 is 2.31 bits per heavy atom. The number of nitrogens with two attached hydrogens (primary N) is 1. The minimum atomic E-state index is 0.0800. The zero-order valence-corrected chi connectivity index (χ0v) is 10.1. The minimum Gasteiger partial charge on any atom is -0.379 e. The Morgan fingerprint density at radius 1 is 1.38 bits per heavy atom. The quantitative estimate of drug-likeness (QED) is 0.885. The molecular weight excluding hydrogens is 242 g/mol. The molecular formula is C10H11N3OS2. The Labute approximate surface area is 101 Å². The fraction of sp³-hybridized carbons (Fsp3) is 0.400. The third-order valence-electron chi connectivity index (χ3n) is 2.67. The summed E-state index contributed by atoms with van der Waals surface area (Å²) in [5.74, 6) is 0.248. The number of rotatable bonds is 2. The van der Waals surface area contributed by atoms with Gasteiger partial charge in [0.2, 0.25) is 0 Å². The predicted molar refractivity (Wildman–Crippen MR) is 64.8 cm³/mol. The number of hydrogen-bond acceptors (Lipinski definition) is 6. The molecule has 2 aromatic heterocycles. The number of nitrogens with zero attached hydrogens (tertiary/aromatic N) is 2. The van der Waals surface area contributed by atoms with Crippen molar-refractivity contribution in [3.8, 4) is 9.88 Å². The molecule has 0 aromatic carbocycles. The molecule has 1 saturated heterocycles. The molecule has 2 atom stereocenters. The molecule has 2 N–H and O–H groups in total. The van der Waals surface area contributed by atoms with E-state index in [9.17, 15) is 0 Å². The van der Waals surface area contributed by atoms with E-state index >= 15 is 0 Å². The first-order valence-electron chi connectivity index (χ1n) is 5.02. The van der Waals surface area contributed by atoms with Crippen molar-refractivity contribution in [2.45, 2.75) is 12.0 Å². The van der Waals surface area contributed by atoms with Crippen LogP contribution in [0.15, 0.2) is 17.1 Å². The van der Waals surface area contributed by atoms with Crippen LogP contribution in [0.5, 0.6) is 0 Å². The second-order valence-electron chi connectivity index (χ2n) is 3.75. The summed E-state index contributed by atoms with van der Waals surface area (Å²) in [7, 11) is 0. The molecule has 3 rings (SSSR count). The largest absolute Gasteiger partial charge is 0.379 e. The lowest BCUT2D eigenvalue weighted by Gasteiger charge is -2.08. The molecule has 84 valence electrons. The minimum absolute atomic E-state index is 0.0800.